The Morgan fingerprint density at radius 1 is 1.37 bits per heavy atom. The largest absolute Gasteiger partial charge is 0.495 e. The summed E-state index contributed by atoms with van der Waals surface area (Å²) in [5, 5.41) is 4.79. The maximum atomic E-state index is 11.8. The molecule has 0 atom stereocenters. The van der Waals surface area contributed by atoms with Crippen molar-refractivity contribution in [3.63, 3.8) is 0 Å². The monoisotopic (exact) mass is 273 g/mol. The number of hydrogen-bond acceptors (Lipinski definition) is 3. The SMILES string of the molecule is COc1ccc(C)cc1NC(=O)C=Cc1cccs1. The number of ether oxygens (including phenoxy) is 1. The average molecular weight is 273 g/mol. The second-order valence-electron chi connectivity index (χ2n) is 4.04. The number of amides is 1. The minimum atomic E-state index is -0.169. The quantitative estimate of drug-likeness (QED) is 0.862. The van der Waals surface area contributed by atoms with Crippen LogP contribution in [0, 0.1) is 6.92 Å². The van der Waals surface area contributed by atoms with Crippen LogP contribution in [0.5, 0.6) is 5.75 Å². The Hall–Kier alpha value is -2.07. The molecule has 0 aliphatic rings. The van der Waals surface area contributed by atoms with Crippen molar-refractivity contribution < 1.29 is 9.53 Å². The highest BCUT2D eigenvalue weighted by Crippen LogP contribution is 2.25. The number of methoxy groups -OCH3 is 1. The lowest BCUT2D eigenvalue weighted by molar-refractivity contribution is -0.111. The predicted octanol–water partition coefficient (Wildman–Crippen LogP) is 3.72. The number of benzene rings is 1. The summed E-state index contributed by atoms with van der Waals surface area (Å²) in [5.74, 6) is 0.487. The smallest absolute Gasteiger partial charge is 0.248 e. The van der Waals surface area contributed by atoms with Gasteiger partial charge < -0.3 is 10.1 Å². The van der Waals surface area contributed by atoms with E-state index in [1.165, 1.54) is 6.08 Å². The minimum Gasteiger partial charge on any atom is -0.495 e. The van der Waals surface area contributed by atoms with Crippen molar-refractivity contribution in [2.45, 2.75) is 6.92 Å². The molecule has 1 amide bonds. The molecule has 1 heterocycles. The molecule has 2 aromatic rings. The third-order valence-corrected chi connectivity index (χ3v) is 3.39. The first-order valence-electron chi connectivity index (χ1n) is 5.86. The minimum absolute atomic E-state index is 0.169. The van der Waals surface area contributed by atoms with Crippen LogP contribution in [-0.2, 0) is 4.79 Å². The van der Waals surface area contributed by atoms with E-state index < -0.39 is 0 Å². The Morgan fingerprint density at radius 2 is 2.21 bits per heavy atom. The molecule has 0 aliphatic heterocycles. The molecular weight excluding hydrogens is 258 g/mol. The molecule has 0 bridgehead atoms. The molecule has 1 aromatic carbocycles. The van der Waals surface area contributed by atoms with Crippen LogP contribution in [0.2, 0.25) is 0 Å². The van der Waals surface area contributed by atoms with Crippen molar-refractivity contribution in [2.75, 3.05) is 12.4 Å². The van der Waals surface area contributed by atoms with Gasteiger partial charge >= 0.3 is 0 Å². The number of hydrogen-bond donors (Lipinski definition) is 1. The molecule has 4 heteroatoms. The first-order valence-corrected chi connectivity index (χ1v) is 6.74. The number of carbonyl (C=O) groups is 1. The highest BCUT2D eigenvalue weighted by molar-refractivity contribution is 7.10. The van der Waals surface area contributed by atoms with Gasteiger partial charge in [-0.1, -0.05) is 12.1 Å². The standard InChI is InChI=1S/C15H15NO2S/c1-11-5-7-14(18-2)13(10-11)16-15(17)8-6-12-4-3-9-19-12/h3-10H,1-2H3,(H,16,17). The Labute approximate surface area is 116 Å². The zero-order chi connectivity index (χ0) is 13.7. The van der Waals surface area contributed by atoms with Crippen LogP contribution in [-0.4, -0.2) is 13.0 Å². The van der Waals surface area contributed by atoms with Crippen molar-refractivity contribution in [3.05, 3.63) is 52.2 Å². The number of carbonyl (C=O) groups excluding carboxylic acids is 1. The highest BCUT2D eigenvalue weighted by Gasteiger charge is 2.05. The van der Waals surface area contributed by atoms with Crippen molar-refractivity contribution in [2.24, 2.45) is 0 Å². The number of aryl methyl sites for hydroxylation is 1. The van der Waals surface area contributed by atoms with E-state index in [2.05, 4.69) is 5.32 Å². The maximum Gasteiger partial charge on any atom is 0.248 e. The van der Waals surface area contributed by atoms with E-state index in [4.69, 9.17) is 4.74 Å². The van der Waals surface area contributed by atoms with Gasteiger partial charge in [0.25, 0.3) is 0 Å². The zero-order valence-corrected chi connectivity index (χ0v) is 11.7. The summed E-state index contributed by atoms with van der Waals surface area (Å²) >= 11 is 1.59. The van der Waals surface area contributed by atoms with Gasteiger partial charge in [-0.3, -0.25) is 4.79 Å². The van der Waals surface area contributed by atoms with Gasteiger partial charge in [0.05, 0.1) is 12.8 Å². The molecule has 0 radical (unpaired) electrons. The van der Waals surface area contributed by atoms with Crippen LogP contribution in [0.1, 0.15) is 10.4 Å². The van der Waals surface area contributed by atoms with Gasteiger partial charge in [-0.05, 0) is 42.1 Å². The lowest BCUT2D eigenvalue weighted by atomic mass is 10.2. The van der Waals surface area contributed by atoms with Gasteiger partial charge in [-0.25, -0.2) is 0 Å². The summed E-state index contributed by atoms with van der Waals surface area (Å²) < 4.78 is 5.21. The van der Waals surface area contributed by atoms with E-state index in [-0.39, 0.29) is 5.91 Å². The second-order valence-corrected chi connectivity index (χ2v) is 5.02. The summed E-state index contributed by atoms with van der Waals surface area (Å²) in [6.07, 6.45) is 3.32. The molecule has 0 aliphatic carbocycles. The van der Waals surface area contributed by atoms with Crippen LogP contribution in [0.25, 0.3) is 6.08 Å². The first kappa shape index (κ1) is 13.4. The van der Waals surface area contributed by atoms with E-state index in [9.17, 15) is 4.79 Å². The third-order valence-electron chi connectivity index (χ3n) is 2.56. The van der Waals surface area contributed by atoms with Gasteiger partial charge in [0, 0.05) is 11.0 Å². The number of anilines is 1. The topological polar surface area (TPSA) is 38.3 Å². The normalized spacial score (nSPS) is 10.6. The molecule has 98 valence electrons. The molecule has 0 fully saturated rings. The van der Waals surface area contributed by atoms with Gasteiger partial charge in [0.2, 0.25) is 5.91 Å². The number of nitrogens with one attached hydrogen (secondary N) is 1. The maximum absolute atomic E-state index is 11.8. The van der Waals surface area contributed by atoms with Gasteiger partial charge in [-0.2, -0.15) is 0 Å². The van der Waals surface area contributed by atoms with Crippen molar-refractivity contribution in [1.82, 2.24) is 0 Å². The number of rotatable bonds is 4. The molecule has 0 saturated heterocycles. The Bertz CT molecular complexity index is 588. The van der Waals surface area contributed by atoms with Gasteiger partial charge in [0.15, 0.2) is 0 Å². The van der Waals surface area contributed by atoms with E-state index in [1.807, 2.05) is 42.6 Å². The molecule has 0 unspecified atom stereocenters. The Kier molecular flexibility index (Phi) is 4.36. The molecule has 0 saturated carbocycles. The van der Waals surface area contributed by atoms with E-state index >= 15 is 0 Å². The first-order chi connectivity index (χ1) is 9.19. The van der Waals surface area contributed by atoms with Gasteiger partial charge in [-0.15, -0.1) is 11.3 Å². The molecule has 1 N–H and O–H groups in total. The Balaban J connectivity index is 2.08. The molecular formula is C15H15NO2S. The number of thiophene rings is 1. The molecule has 2 rings (SSSR count). The molecule has 19 heavy (non-hydrogen) atoms. The summed E-state index contributed by atoms with van der Waals surface area (Å²) in [5.41, 5.74) is 1.75. The van der Waals surface area contributed by atoms with Crippen LogP contribution >= 0.6 is 11.3 Å². The summed E-state index contributed by atoms with van der Waals surface area (Å²) in [4.78, 5) is 12.9. The van der Waals surface area contributed by atoms with E-state index in [0.717, 1.165) is 10.4 Å². The van der Waals surface area contributed by atoms with E-state index in [1.54, 1.807) is 24.5 Å². The average Bonchev–Trinajstić information content (AvgIpc) is 2.90. The summed E-state index contributed by atoms with van der Waals surface area (Å²) in [6.45, 7) is 1.97. The summed E-state index contributed by atoms with van der Waals surface area (Å²) in [6, 6.07) is 9.58. The predicted molar refractivity (Wildman–Crippen MR) is 79.7 cm³/mol. The molecule has 0 spiro atoms. The van der Waals surface area contributed by atoms with Crippen LogP contribution < -0.4 is 10.1 Å². The fourth-order valence-corrected chi connectivity index (χ4v) is 2.26. The highest BCUT2D eigenvalue weighted by atomic mass is 32.1. The molecule has 3 nitrogen and oxygen atoms in total. The Morgan fingerprint density at radius 3 is 2.89 bits per heavy atom. The van der Waals surface area contributed by atoms with Crippen LogP contribution in [0.3, 0.4) is 0 Å². The van der Waals surface area contributed by atoms with Crippen LogP contribution in [0.4, 0.5) is 5.69 Å². The third kappa shape index (κ3) is 3.69. The second kappa shape index (κ2) is 6.20. The lowest BCUT2D eigenvalue weighted by Crippen LogP contribution is -2.09. The van der Waals surface area contributed by atoms with E-state index in [0.29, 0.717) is 11.4 Å². The fraction of sp³-hybridized carbons (Fsp3) is 0.133. The lowest BCUT2D eigenvalue weighted by Gasteiger charge is -2.09. The van der Waals surface area contributed by atoms with Gasteiger partial charge in [0.1, 0.15) is 5.75 Å². The zero-order valence-electron chi connectivity index (χ0n) is 10.8. The van der Waals surface area contributed by atoms with Crippen molar-refractivity contribution >= 4 is 29.0 Å². The van der Waals surface area contributed by atoms with Crippen molar-refractivity contribution in [1.29, 1.82) is 0 Å². The van der Waals surface area contributed by atoms with Crippen molar-refractivity contribution in [3.8, 4) is 5.75 Å². The molecule has 1 aromatic heterocycles. The van der Waals surface area contributed by atoms with Crippen LogP contribution in [0.15, 0.2) is 41.8 Å². The fourth-order valence-electron chi connectivity index (χ4n) is 1.64. The summed E-state index contributed by atoms with van der Waals surface area (Å²) in [7, 11) is 1.59.